The van der Waals surface area contributed by atoms with Gasteiger partial charge < -0.3 is 14.6 Å². The van der Waals surface area contributed by atoms with Crippen LogP contribution >= 0.6 is 11.6 Å². The molecule has 0 amide bonds. The molecular weight excluding hydrogens is 336 g/mol. The molecule has 1 N–H and O–H groups in total. The van der Waals surface area contributed by atoms with Gasteiger partial charge in [0.25, 0.3) is 5.56 Å². The van der Waals surface area contributed by atoms with Gasteiger partial charge >= 0.3 is 0 Å². The number of nitrogens with zero attached hydrogens (tertiary/aromatic N) is 1. The first-order valence-electron chi connectivity index (χ1n) is 8.21. The molecule has 1 aromatic heterocycles. The Hall–Kier alpha value is -2.30. The van der Waals surface area contributed by atoms with Gasteiger partial charge in [0.05, 0.1) is 13.2 Å². The molecule has 0 unspecified atom stereocenters. The van der Waals surface area contributed by atoms with Crippen LogP contribution in [0.25, 0.3) is 10.8 Å². The molecule has 0 saturated carbocycles. The molecule has 0 radical (unpaired) electrons. The van der Waals surface area contributed by atoms with E-state index in [0.29, 0.717) is 18.6 Å². The highest BCUT2D eigenvalue weighted by molar-refractivity contribution is 6.31. The molecular formula is C20H19ClN2O2. The van der Waals surface area contributed by atoms with E-state index >= 15 is 0 Å². The zero-order valence-electron chi connectivity index (χ0n) is 14.2. The number of hydrogen-bond acceptors (Lipinski definition) is 3. The van der Waals surface area contributed by atoms with Crippen LogP contribution in [-0.4, -0.2) is 17.8 Å². The van der Waals surface area contributed by atoms with E-state index in [1.807, 2.05) is 43.3 Å². The Bertz CT molecular complexity index is 1020. The van der Waals surface area contributed by atoms with Crippen molar-refractivity contribution in [2.45, 2.75) is 12.5 Å². The van der Waals surface area contributed by atoms with Gasteiger partial charge in [-0.25, -0.2) is 0 Å². The van der Waals surface area contributed by atoms with Gasteiger partial charge in [0.1, 0.15) is 5.54 Å². The van der Waals surface area contributed by atoms with Crippen LogP contribution in [0.5, 0.6) is 0 Å². The molecule has 4 nitrogen and oxygen atoms in total. The standard InChI is InChI=1S/C20H19ClN2O2/c1-13-17(4-3-5-18(13)21)20(11-25-12-20)22-15-7-6-14-8-9-23(2)19(24)16(14)10-15/h3-10,22H,11-12H2,1-2H3. The second kappa shape index (κ2) is 5.90. The molecule has 128 valence electrons. The van der Waals surface area contributed by atoms with E-state index in [2.05, 4.69) is 11.4 Å². The average Bonchev–Trinajstić information content (AvgIpc) is 2.58. The zero-order chi connectivity index (χ0) is 17.6. The minimum atomic E-state index is -0.317. The van der Waals surface area contributed by atoms with Crippen molar-refractivity contribution in [2.75, 3.05) is 18.5 Å². The quantitative estimate of drug-likeness (QED) is 0.777. The summed E-state index contributed by atoms with van der Waals surface area (Å²) in [5.41, 5.74) is 2.77. The molecule has 1 aliphatic heterocycles. The van der Waals surface area contributed by atoms with E-state index < -0.39 is 0 Å². The first-order chi connectivity index (χ1) is 12.0. The summed E-state index contributed by atoms with van der Waals surface area (Å²) in [6, 6.07) is 13.8. The summed E-state index contributed by atoms with van der Waals surface area (Å²) in [4.78, 5) is 12.4. The van der Waals surface area contributed by atoms with Crippen LogP contribution in [0, 0.1) is 6.92 Å². The number of hydrogen-bond donors (Lipinski definition) is 1. The Morgan fingerprint density at radius 2 is 2.00 bits per heavy atom. The van der Waals surface area contributed by atoms with Gasteiger partial charge in [-0.1, -0.05) is 29.8 Å². The van der Waals surface area contributed by atoms with Crippen molar-refractivity contribution in [3.8, 4) is 0 Å². The molecule has 5 heteroatoms. The number of aromatic nitrogens is 1. The van der Waals surface area contributed by atoms with Crippen molar-refractivity contribution in [2.24, 2.45) is 7.05 Å². The van der Waals surface area contributed by atoms with Gasteiger partial charge in [0.15, 0.2) is 0 Å². The molecule has 0 atom stereocenters. The molecule has 1 saturated heterocycles. The Morgan fingerprint density at radius 3 is 2.72 bits per heavy atom. The summed E-state index contributed by atoms with van der Waals surface area (Å²) >= 11 is 6.31. The van der Waals surface area contributed by atoms with Crippen LogP contribution in [0.3, 0.4) is 0 Å². The minimum Gasteiger partial charge on any atom is -0.376 e. The van der Waals surface area contributed by atoms with E-state index in [1.54, 1.807) is 17.8 Å². The van der Waals surface area contributed by atoms with E-state index in [9.17, 15) is 4.79 Å². The average molecular weight is 355 g/mol. The predicted octanol–water partition coefficient (Wildman–Crippen LogP) is 3.84. The maximum atomic E-state index is 12.4. The lowest BCUT2D eigenvalue weighted by Gasteiger charge is -2.44. The van der Waals surface area contributed by atoms with Crippen LogP contribution in [0.4, 0.5) is 5.69 Å². The summed E-state index contributed by atoms with van der Waals surface area (Å²) in [5.74, 6) is 0. The molecule has 2 aromatic carbocycles. The summed E-state index contributed by atoms with van der Waals surface area (Å²) in [7, 11) is 1.76. The topological polar surface area (TPSA) is 43.3 Å². The fourth-order valence-electron chi connectivity index (χ4n) is 3.42. The first-order valence-corrected chi connectivity index (χ1v) is 8.59. The third-order valence-electron chi connectivity index (χ3n) is 4.95. The first kappa shape index (κ1) is 16.2. The highest BCUT2D eigenvalue weighted by Crippen LogP contribution is 2.37. The summed E-state index contributed by atoms with van der Waals surface area (Å²) in [5, 5.41) is 5.97. The molecule has 0 spiro atoms. The Labute approximate surface area is 151 Å². The Morgan fingerprint density at radius 1 is 1.20 bits per heavy atom. The maximum Gasteiger partial charge on any atom is 0.258 e. The van der Waals surface area contributed by atoms with Gasteiger partial charge in [0.2, 0.25) is 0 Å². The lowest BCUT2D eigenvalue weighted by molar-refractivity contribution is -0.0449. The third kappa shape index (κ3) is 2.62. The maximum absolute atomic E-state index is 12.4. The van der Waals surface area contributed by atoms with Crippen LogP contribution in [0.1, 0.15) is 11.1 Å². The number of rotatable bonds is 3. The van der Waals surface area contributed by atoms with E-state index in [-0.39, 0.29) is 11.1 Å². The second-order valence-electron chi connectivity index (χ2n) is 6.65. The normalized spacial score (nSPS) is 15.8. The van der Waals surface area contributed by atoms with Crippen molar-refractivity contribution >= 4 is 28.1 Å². The van der Waals surface area contributed by atoms with Gasteiger partial charge in [-0.3, -0.25) is 4.79 Å². The van der Waals surface area contributed by atoms with Gasteiger partial charge in [-0.05, 0) is 47.7 Å². The monoisotopic (exact) mass is 354 g/mol. The van der Waals surface area contributed by atoms with Crippen molar-refractivity contribution in [1.82, 2.24) is 4.57 Å². The second-order valence-corrected chi connectivity index (χ2v) is 7.05. The number of benzene rings is 2. The predicted molar refractivity (Wildman–Crippen MR) is 101 cm³/mol. The Kier molecular flexibility index (Phi) is 3.82. The number of pyridine rings is 1. The summed E-state index contributed by atoms with van der Waals surface area (Å²) < 4.78 is 7.11. The molecule has 25 heavy (non-hydrogen) atoms. The van der Waals surface area contributed by atoms with Gasteiger partial charge in [-0.2, -0.15) is 0 Å². The highest BCUT2D eigenvalue weighted by atomic mass is 35.5. The number of ether oxygens (including phenoxy) is 1. The van der Waals surface area contributed by atoms with E-state index in [1.165, 1.54) is 0 Å². The van der Waals surface area contributed by atoms with E-state index in [4.69, 9.17) is 16.3 Å². The largest absolute Gasteiger partial charge is 0.376 e. The van der Waals surface area contributed by atoms with Crippen molar-refractivity contribution in [1.29, 1.82) is 0 Å². The molecule has 2 heterocycles. The number of halogens is 1. The van der Waals surface area contributed by atoms with Crippen molar-refractivity contribution in [3.05, 3.63) is 75.2 Å². The van der Waals surface area contributed by atoms with Gasteiger partial charge in [0, 0.05) is 29.3 Å². The minimum absolute atomic E-state index is 0.000930. The lowest BCUT2D eigenvalue weighted by Crippen LogP contribution is -2.53. The summed E-state index contributed by atoms with van der Waals surface area (Å²) in [6.07, 6.45) is 1.79. The highest BCUT2D eigenvalue weighted by Gasteiger charge is 2.41. The smallest absolute Gasteiger partial charge is 0.258 e. The number of aryl methyl sites for hydroxylation is 1. The SMILES string of the molecule is Cc1c(Cl)cccc1C1(Nc2ccc3ccn(C)c(=O)c3c2)COC1. The van der Waals surface area contributed by atoms with Crippen molar-refractivity contribution < 1.29 is 4.74 Å². The fourth-order valence-corrected chi connectivity index (χ4v) is 3.59. The van der Waals surface area contributed by atoms with Crippen LogP contribution < -0.4 is 10.9 Å². The molecule has 1 fully saturated rings. The van der Waals surface area contributed by atoms with Crippen LogP contribution in [0.2, 0.25) is 5.02 Å². The Balaban J connectivity index is 1.78. The number of nitrogens with one attached hydrogen (secondary N) is 1. The number of fused-ring (bicyclic) bond motifs is 1. The van der Waals surface area contributed by atoms with Crippen LogP contribution in [0.15, 0.2) is 53.5 Å². The lowest BCUT2D eigenvalue weighted by atomic mass is 9.84. The molecule has 3 aromatic rings. The fraction of sp³-hybridized carbons (Fsp3) is 0.250. The zero-order valence-corrected chi connectivity index (χ0v) is 14.9. The molecule has 4 rings (SSSR count). The summed E-state index contributed by atoms with van der Waals surface area (Å²) in [6.45, 7) is 3.16. The molecule has 0 bridgehead atoms. The third-order valence-corrected chi connectivity index (χ3v) is 5.36. The van der Waals surface area contributed by atoms with Crippen molar-refractivity contribution in [3.63, 3.8) is 0 Å². The van der Waals surface area contributed by atoms with Gasteiger partial charge in [-0.15, -0.1) is 0 Å². The number of anilines is 1. The van der Waals surface area contributed by atoms with Crippen LogP contribution in [-0.2, 0) is 17.3 Å². The van der Waals surface area contributed by atoms with E-state index in [0.717, 1.165) is 27.2 Å². The molecule has 0 aliphatic carbocycles. The molecule has 1 aliphatic rings.